The van der Waals surface area contributed by atoms with Crippen LogP contribution in [0.5, 0.6) is 0 Å². The van der Waals surface area contributed by atoms with Crippen molar-refractivity contribution >= 4 is 12.6 Å². The largest absolute Gasteiger partial charge is 0.250 e. The molecule has 0 aliphatic heterocycles. The van der Waals surface area contributed by atoms with Crippen LogP contribution < -0.4 is 0 Å². The first-order valence-electron chi connectivity index (χ1n) is 7.18. The Morgan fingerprint density at radius 3 is 2.36 bits per heavy atom. The number of benzene rings is 1. The van der Waals surface area contributed by atoms with Gasteiger partial charge in [0.25, 0.3) is 0 Å². The van der Waals surface area contributed by atoms with Crippen LogP contribution in [0.4, 0.5) is 0 Å². The van der Waals surface area contributed by atoms with Crippen LogP contribution in [0, 0.1) is 13.8 Å². The number of hydrogen-bond acceptors (Lipinski definition) is 4. The van der Waals surface area contributed by atoms with E-state index in [0.29, 0.717) is 5.82 Å². The number of aromatic nitrogens is 3. The van der Waals surface area contributed by atoms with Crippen molar-refractivity contribution in [2.24, 2.45) is 0 Å². The molecule has 4 heteroatoms. The summed E-state index contributed by atoms with van der Waals surface area (Å²) in [5.74, 6) is 0.657. The standard InChI is InChI=1S/C18H17N3S/c1-12-7-6-10-15(19-12)18-20-13(2)17(22)16(21-18)11-14-8-4-3-5-9-14/h3-10,22H,11H2,1-2H3. The van der Waals surface area contributed by atoms with E-state index in [4.69, 9.17) is 0 Å². The van der Waals surface area contributed by atoms with E-state index in [-0.39, 0.29) is 0 Å². The minimum absolute atomic E-state index is 0.657. The van der Waals surface area contributed by atoms with E-state index < -0.39 is 0 Å². The first kappa shape index (κ1) is 14.7. The maximum absolute atomic E-state index is 4.69. The van der Waals surface area contributed by atoms with Gasteiger partial charge in [-0.05, 0) is 31.5 Å². The summed E-state index contributed by atoms with van der Waals surface area (Å²) in [5.41, 5.74) is 4.77. The molecule has 0 fully saturated rings. The summed E-state index contributed by atoms with van der Waals surface area (Å²) in [7, 11) is 0. The highest BCUT2D eigenvalue weighted by molar-refractivity contribution is 7.80. The summed E-state index contributed by atoms with van der Waals surface area (Å²) in [4.78, 5) is 14.6. The van der Waals surface area contributed by atoms with Gasteiger partial charge >= 0.3 is 0 Å². The molecule has 0 amide bonds. The summed E-state index contributed by atoms with van der Waals surface area (Å²) in [6.45, 7) is 3.92. The summed E-state index contributed by atoms with van der Waals surface area (Å²) in [6.07, 6.45) is 0.738. The summed E-state index contributed by atoms with van der Waals surface area (Å²) >= 11 is 4.58. The molecule has 0 spiro atoms. The number of rotatable bonds is 3. The van der Waals surface area contributed by atoms with E-state index in [0.717, 1.165) is 34.1 Å². The van der Waals surface area contributed by atoms with E-state index in [2.05, 4.69) is 39.7 Å². The highest BCUT2D eigenvalue weighted by atomic mass is 32.1. The van der Waals surface area contributed by atoms with Crippen LogP contribution in [0.3, 0.4) is 0 Å². The van der Waals surface area contributed by atoms with Crippen LogP contribution in [-0.2, 0) is 6.42 Å². The van der Waals surface area contributed by atoms with Crippen molar-refractivity contribution in [1.29, 1.82) is 0 Å². The third kappa shape index (κ3) is 3.17. The molecule has 3 aromatic rings. The second-order valence-corrected chi connectivity index (χ2v) is 5.70. The molecular formula is C18H17N3S. The SMILES string of the molecule is Cc1cccc(-c2nc(C)c(S)c(Cc3ccccc3)n2)n1. The average molecular weight is 307 g/mol. The van der Waals surface area contributed by atoms with Gasteiger partial charge in [-0.15, -0.1) is 12.6 Å². The lowest BCUT2D eigenvalue weighted by atomic mass is 10.1. The molecule has 0 saturated carbocycles. The quantitative estimate of drug-likeness (QED) is 0.742. The van der Waals surface area contributed by atoms with Crippen molar-refractivity contribution < 1.29 is 0 Å². The van der Waals surface area contributed by atoms with E-state index in [9.17, 15) is 0 Å². The molecule has 110 valence electrons. The van der Waals surface area contributed by atoms with Gasteiger partial charge in [-0.1, -0.05) is 36.4 Å². The van der Waals surface area contributed by atoms with Gasteiger partial charge in [0.2, 0.25) is 0 Å². The maximum Gasteiger partial charge on any atom is 0.178 e. The lowest BCUT2D eigenvalue weighted by Crippen LogP contribution is -2.03. The minimum atomic E-state index is 0.657. The van der Waals surface area contributed by atoms with Gasteiger partial charge in [0, 0.05) is 17.0 Å². The zero-order chi connectivity index (χ0) is 15.5. The van der Waals surface area contributed by atoms with Gasteiger partial charge in [-0.25, -0.2) is 15.0 Å². The van der Waals surface area contributed by atoms with Gasteiger partial charge in [0.1, 0.15) is 5.69 Å². The molecule has 0 aliphatic rings. The number of aryl methyl sites for hydroxylation is 2. The Labute approximate surface area is 135 Å². The summed E-state index contributed by atoms with van der Waals surface area (Å²) < 4.78 is 0. The fraction of sp³-hybridized carbons (Fsp3) is 0.167. The Kier molecular flexibility index (Phi) is 4.20. The molecule has 3 rings (SSSR count). The smallest absolute Gasteiger partial charge is 0.178 e. The highest BCUT2D eigenvalue weighted by Gasteiger charge is 2.12. The first-order valence-corrected chi connectivity index (χ1v) is 7.62. The van der Waals surface area contributed by atoms with Gasteiger partial charge in [0.05, 0.1) is 11.4 Å². The Morgan fingerprint density at radius 2 is 1.64 bits per heavy atom. The van der Waals surface area contributed by atoms with Gasteiger partial charge in [0.15, 0.2) is 5.82 Å². The fourth-order valence-corrected chi connectivity index (χ4v) is 2.50. The lowest BCUT2D eigenvalue weighted by Gasteiger charge is -2.10. The zero-order valence-corrected chi connectivity index (χ0v) is 13.5. The Bertz CT molecular complexity index is 801. The molecule has 0 saturated heterocycles. The van der Waals surface area contributed by atoms with Crippen LogP contribution in [-0.4, -0.2) is 15.0 Å². The molecule has 3 nitrogen and oxygen atoms in total. The maximum atomic E-state index is 4.69. The van der Waals surface area contributed by atoms with Crippen molar-refractivity contribution in [2.45, 2.75) is 25.2 Å². The molecule has 0 atom stereocenters. The molecule has 0 N–H and O–H groups in total. The molecule has 1 aromatic carbocycles. The van der Waals surface area contributed by atoms with E-state index in [1.807, 2.05) is 50.2 Å². The third-order valence-electron chi connectivity index (χ3n) is 3.46. The first-order chi connectivity index (χ1) is 10.6. The second kappa shape index (κ2) is 6.28. The predicted molar refractivity (Wildman–Crippen MR) is 91.2 cm³/mol. The minimum Gasteiger partial charge on any atom is -0.250 e. The monoisotopic (exact) mass is 307 g/mol. The number of thiol groups is 1. The van der Waals surface area contributed by atoms with Crippen molar-refractivity contribution in [3.05, 3.63) is 71.2 Å². The Morgan fingerprint density at radius 1 is 0.864 bits per heavy atom. The van der Waals surface area contributed by atoms with Crippen molar-refractivity contribution in [3.63, 3.8) is 0 Å². The van der Waals surface area contributed by atoms with Crippen molar-refractivity contribution in [2.75, 3.05) is 0 Å². The molecule has 0 aliphatic carbocycles. The van der Waals surface area contributed by atoms with Crippen LogP contribution in [0.25, 0.3) is 11.5 Å². The van der Waals surface area contributed by atoms with Crippen LogP contribution in [0.2, 0.25) is 0 Å². The fourth-order valence-electron chi connectivity index (χ4n) is 2.32. The van der Waals surface area contributed by atoms with Gasteiger partial charge in [-0.3, -0.25) is 0 Å². The number of hydrogen-bond donors (Lipinski definition) is 1. The topological polar surface area (TPSA) is 38.7 Å². The lowest BCUT2D eigenvalue weighted by molar-refractivity contribution is 0.930. The average Bonchev–Trinajstić information content (AvgIpc) is 2.52. The van der Waals surface area contributed by atoms with Gasteiger partial charge < -0.3 is 0 Å². The Hall–Kier alpha value is -2.20. The molecule has 0 radical (unpaired) electrons. The molecule has 0 bridgehead atoms. The van der Waals surface area contributed by atoms with E-state index in [1.54, 1.807) is 0 Å². The molecular weight excluding hydrogens is 290 g/mol. The predicted octanol–water partition coefficient (Wildman–Crippen LogP) is 4.03. The second-order valence-electron chi connectivity index (χ2n) is 5.25. The van der Waals surface area contributed by atoms with Gasteiger partial charge in [-0.2, -0.15) is 0 Å². The van der Waals surface area contributed by atoms with Crippen LogP contribution >= 0.6 is 12.6 Å². The molecule has 22 heavy (non-hydrogen) atoms. The van der Waals surface area contributed by atoms with E-state index >= 15 is 0 Å². The highest BCUT2D eigenvalue weighted by Crippen LogP contribution is 2.22. The summed E-state index contributed by atoms with van der Waals surface area (Å²) in [6, 6.07) is 16.1. The van der Waals surface area contributed by atoms with E-state index in [1.165, 1.54) is 5.56 Å². The Balaban J connectivity index is 2.04. The normalized spacial score (nSPS) is 10.7. The van der Waals surface area contributed by atoms with Crippen LogP contribution in [0.1, 0.15) is 22.6 Å². The van der Waals surface area contributed by atoms with Crippen molar-refractivity contribution in [3.8, 4) is 11.5 Å². The molecule has 2 aromatic heterocycles. The zero-order valence-electron chi connectivity index (χ0n) is 12.6. The number of nitrogens with zero attached hydrogens (tertiary/aromatic N) is 3. The molecule has 0 unspecified atom stereocenters. The summed E-state index contributed by atoms with van der Waals surface area (Å²) in [5, 5.41) is 0. The van der Waals surface area contributed by atoms with Crippen molar-refractivity contribution in [1.82, 2.24) is 15.0 Å². The number of pyridine rings is 1. The molecule has 2 heterocycles. The third-order valence-corrected chi connectivity index (χ3v) is 4.04. The van der Waals surface area contributed by atoms with Crippen LogP contribution in [0.15, 0.2) is 53.4 Å².